The van der Waals surface area contributed by atoms with Crippen molar-refractivity contribution in [3.05, 3.63) is 34.9 Å². The molecule has 4 nitrogen and oxygen atoms in total. The molecular formula is C14H16N2O2. The summed E-state index contributed by atoms with van der Waals surface area (Å²) < 4.78 is 0. The Morgan fingerprint density at radius 1 is 1.22 bits per heavy atom. The van der Waals surface area contributed by atoms with Crippen LogP contribution in [0.3, 0.4) is 0 Å². The molecule has 1 aromatic rings. The van der Waals surface area contributed by atoms with Gasteiger partial charge < -0.3 is 0 Å². The molecular weight excluding hydrogens is 228 g/mol. The minimum absolute atomic E-state index is 0.143. The zero-order valence-corrected chi connectivity index (χ0v) is 10.4. The number of amides is 2. The third-order valence-corrected chi connectivity index (χ3v) is 3.76. The average molecular weight is 244 g/mol. The van der Waals surface area contributed by atoms with Crippen LogP contribution in [0.25, 0.3) is 0 Å². The molecule has 0 spiro atoms. The van der Waals surface area contributed by atoms with Gasteiger partial charge in [0.1, 0.15) is 0 Å². The Bertz CT molecular complexity index is 525. The number of hydrogen-bond acceptors (Lipinski definition) is 3. The molecule has 0 saturated carbocycles. The molecule has 2 heterocycles. The van der Waals surface area contributed by atoms with Crippen molar-refractivity contribution in [2.24, 2.45) is 0 Å². The highest BCUT2D eigenvalue weighted by Crippen LogP contribution is 2.27. The van der Waals surface area contributed by atoms with E-state index in [1.165, 1.54) is 16.7 Å². The summed E-state index contributed by atoms with van der Waals surface area (Å²) in [6, 6.07) is 6.26. The minimum Gasteiger partial charge on any atom is -0.295 e. The Morgan fingerprint density at radius 3 is 2.78 bits per heavy atom. The molecule has 4 heteroatoms. The number of piperidine rings is 1. The van der Waals surface area contributed by atoms with Crippen LogP contribution in [0.1, 0.15) is 29.5 Å². The summed E-state index contributed by atoms with van der Waals surface area (Å²) in [5.41, 5.74) is 3.85. The quantitative estimate of drug-likeness (QED) is 0.753. The fourth-order valence-electron chi connectivity index (χ4n) is 2.80. The van der Waals surface area contributed by atoms with E-state index in [9.17, 15) is 9.59 Å². The molecule has 1 aromatic carbocycles. The summed E-state index contributed by atoms with van der Waals surface area (Å²) in [5, 5.41) is 2.42. The number of rotatable bonds is 1. The molecule has 2 amide bonds. The topological polar surface area (TPSA) is 49.4 Å². The van der Waals surface area contributed by atoms with E-state index in [1.807, 2.05) is 0 Å². The number of carbonyl (C=O) groups is 2. The van der Waals surface area contributed by atoms with Crippen LogP contribution < -0.4 is 5.32 Å². The molecule has 0 aliphatic carbocycles. The van der Waals surface area contributed by atoms with Gasteiger partial charge >= 0.3 is 0 Å². The van der Waals surface area contributed by atoms with E-state index in [1.54, 1.807) is 0 Å². The van der Waals surface area contributed by atoms with Gasteiger partial charge in [-0.25, -0.2) is 0 Å². The van der Waals surface area contributed by atoms with Crippen molar-refractivity contribution in [2.75, 3.05) is 0 Å². The van der Waals surface area contributed by atoms with E-state index in [4.69, 9.17) is 0 Å². The normalized spacial score (nSPS) is 23.9. The highest BCUT2D eigenvalue weighted by molar-refractivity contribution is 6.00. The SMILES string of the molecule is Cc1ccc2c(c1)CN(C1CCC(=O)NC1=O)C2. The molecule has 0 radical (unpaired) electrons. The van der Waals surface area contributed by atoms with Crippen LogP contribution in [0.4, 0.5) is 0 Å². The van der Waals surface area contributed by atoms with Crippen LogP contribution in [0.2, 0.25) is 0 Å². The third kappa shape index (κ3) is 1.93. The number of imide groups is 1. The van der Waals surface area contributed by atoms with Gasteiger partial charge in [0.05, 0.1) is 6.04 Å². The zero-order valence-electron chi connectivity index (χ0n) is 10.4. The predicted octanol–water partition coefficient (Wildman–Crippen LogP) is 1.12. The largest absolute Gasteiger partial charge is 0.295 e. The fraction of sp³-hybridized carbons (Fsp3) is 0.429. The van der Waals surface area contributed by atoms with E-state index in [-0.39, 0.29) is 17.9 Å². The number of hydrogen-bond donors (Lipinski definition) is 1. The van der Waals surface area contributed by atoms with Crippen molar-refractivity contribution in [3.8, 4) is 0 Å². The van der Waals surface area contributed by atoms with Gasteiger partial charge in [0.2, 0.25) is 11.8 Å². The van der Waals surface area contributed by atoms with E-state index < -0.39 is 0 Å². The lowest BCUT2D eigenvalue weighted by molar-refractivity contribution is -0.137. The molecule has 2 aliphatic rings. The number of aryl methyl sites for hydroxylation is 1. The Balaban J connectivity index is 1.77. The zero-order chi connectivity index (χ0) is 12.7. The van der Waals surface area contributed by atoms with E-state index in [2.05, 4.69) is 35.3 Å². The Kier molecular flexibility index (Phi) is 2.67. The number of nitrogens with one attached hydrogen (secondary N) is 1. The highest BCUT2D eigenvalue weighted by Gasteiger charge is 2.34. The second kappa shape index (κ2) is 4.21. The molecule has 0 aromatic heterocycles. The molecule has 1 unspecified atom stereocenters. The smallest absolute Gasteiger partial charge is 0.243 e. The second-order valence-electron chi connectivity index (χ2n) is 5.14. The van der Waals surface area contributed by atoms with Gasteiger partial charge in [0.25, 0.3) is 0 Å². The van der Waals surface area contributed by atoms with Crippen LogP contribution in [-0.2, 0) is 22.7 Å². The maximum Gasteiger partial charge on any atom is 0.243 e. The summed E-state index contributed by atoms with van der Waals surface area (Å²) in [6.45, 7) is 3.69. The van der Waals surface area contributed by atoms with Crippen molar-refractivity contribution < 1.29 is 9.59 Å². The summed E-state index contributed by atoms with van der Waals surface area (Å²) in [6.07, 6.45) is 1.08. The maximum atomic E-state index is 11.8. The molecule has 3 rings (SSSR count). The van der Waals surface area contributed by atoms with Crippen molar-refractivity contribution in [2.45, 2.75) is 38.9 Å². The first-order chi connectivity index (χ1) is 8.63. The highest BCUT2D eigenvalue weighted by atomic mass is 16.2. The first-order valence-electron chi connectivity index (χ1n) is 6.29. The van der Waals surface area contributed by atoms with Crippen molar-refractivity contribution in [1.29, 1.82) is 0 Å². The second-order valence-corrected chi connectivity index (χ2v) is 5.14. The van der Waals surface area contributed by atoms with Crippen LogP contribution >= 0.6 is 0 Å². The molecule has 2 aliphatic heterocycles. The third-order valence-electron chi connectivity index (χ3n) is 3.76. The molecule has 1 saturated heterocycles. The van der Waals surface area contributed by atoms with Gasteiger partial charge in [0, 0.05) is 19.5 Å². The summed E-state index contributed by atoms with van der Waals surface area (Å²) >= 11 is 0. The molecule has 94 valence electrons. The monoisotopic (exact) mass is 244 g/mol. The summed E-state index contributed by atoms with van der Waals surface area (Å²) in [5.74, 6) is -0.292. The summed E-state index contributed by atoms with van der Waals surface area (Å²) in [4.78, 5) is 25.1. The van der Waals surface area contributed by atoms with Crippen LogP contribution in [0.15, 0.2) is 18.2 Å². The van der Waals surface area contributed by atoms with Crippen LogP contribution in [0, 0.1) is 6.92 Å². The number of fused-ring (bicyclic) bond motifs is 1. The predicted molar refractivity (Wildman–Crippen MR) is 66.6 cm³/mol. The molecule has 1 N–H and O–H groups in total. The van der Waals surface area contributed by atoms with Crippen molar-refractivity contribution >= 4 is 11.8 Å². The first-order valence-corrected chi connectivity index (χ1v) is 6.29. The maximum absolute atomic E-state index is 11.8. The van der Waals surface area contributed by atoms with Gasteiger partial charge in [-0.1, -0.05) is 23.8 Å². The van der Waals surface area contributed by atoms with Gasteiger partial charge in [-0.3, -0.25) is 19.8 Å². The fourth-order valence-corrected chi connectivity index (χ4v) is 2.80. The van der Waals surface area contributed by atoms with Gasteiger partial charge in [-0.2, -0.15) is 0 Å². The van der Waals surface area contributed by atoms with Gasteiger partial charge in [0.15, 0.2) is 0 Å². The van der Waals surface area contributed by atoms with Crippen molar-refractivity contribution in [3.63, 3.8) is 0 Å². The lowest BCUT2D eigenvalue weighted by Crippen LogP contribution is -2.50. The molecule has 0 bridgehead atoms. The lowest BCUT2D eigenvalue weighted by Gasteiger charge is -2.29. The summed E-state index contributed by atoms with van der Waals surface area (Å²) in [7, 11) is 0. The standard InChI is InChI=1S/C14H16N2O2/c1-9-2-3-10-7-16(8-11(10)6-9)12-4-5-13(17)15-14(12)18/h2-3,6,12H,4-5,7-8H2,1H3,(H,15,17,18). The van der Waals surface area contributed by atoms with E-state index in [0.717, 1.165) is 13.1 Å². The number of benzene rings is 1. The van der Waals surface area contributed by atoms with E-state index in [0.29, 0.717) is 12.8 Å². The number of nitrogens with zero attached hydrogens (tertiary/aromatic N) is 1. The van der Waals surface area contributed by atoms with E-state index >= 15 is 0 Å². The Labute approximate surface area is 106 Å². The minimum atomic E-state index is -0.157. The number of carbonyl (C=O) groups excluding carboxylic acids is 2. The Morgan fingerprint density at radius 2 is 2.00 bits per heavy atom. The molecule has 18 heavy (non-hydrogen) atoms. The van der Waals surface area contributed by atoms with Crippen LogP contribution in [-0.4, -0.2) is 22.8 Å². The van der Waals surface area contributed by atoms with Gasteiger partial charge in [-0.15, -0.1) is 0 Å². The van der Waals surface area contributed by atoms with Crippen molar-refractivity contribution in [1.82, 2.24) is 10.2 Å². The Hall–Kier alpha value is -1.68. The lowest BCUT2D eigenvalue weighted by atomic mass is 10.0. The average Bonchev–Trinajstić information content (AvgIpc) is 2.71. The van der Waals surface area contributed by atoms with Crippen LogP contribution in [0.5, 0.6) is 0 Å². The van der Waals surface area contributed by atoms with Gasteiger partial charge in [-0.05, 0) is 24.5 Å². The molecule has 1 fully saturated rings. The first kappa shape index (κ1) is 11.4. The molecule has 1 atom stereocenters.